The van der Waals surface area contributed by atoms with Gasteiger partial charge in [-0.25, -0.2) is 18.2 Å². The molecule has 0 radical (unpaired) electrons. The maximum Gasteiger partial charge on any atom is 0.264 e. The fourth-order valence-electron chi connectivity index (χ4n) is 2.65. The molecule has 0 aliphatic heterocycles. The Hall–Kier alpha value is -3.23. The monoisotopic (exact) mass is 459 g/mol. The van der Waals surface area contributed by atoms with Crippen molar-refractivity contribution in [3.63, 3.8) is 0 Å². The Balaban J connectivity index is 1.82. The highest BCUT2D eigenvalue weighted by Crippen LogP contribution is 2.25. The van der Waals surface area contributed by atoms with E-state index in [2.05, 4.69) is 10.5 Å². The molecule has 0 saturated carbocycles. The number of amides is 1. The summed E-state index contributed by atoms with van der Waals surface area (Å²) in [6, 6.07) is 18.0. The van der Waals surface area contributed by atoms with Gasteiger partial charge in [-0.05, 0) is 61.0 Å². The van der Waals surface area contributed by atoms with Crippen LogP contribution in [0, 0.1) is 12.7 Å². The zero-order valence-electron chi connectivity index (χ0n) is 16.5. The summed E-state index contributed by atoms with van der Waals surface area (Å²) in [5, 5.41) is 4.24. The lowest BCUT2D eigenvalue weighted by Gasteiger charge is -2.23. The lowest BCUT2D eigenvalue weighted by molar-refractivity contribution is -0.119. The van der Waals surface area contributed by atoms with Crippen molar-refractivity contribution < 1.29 is 17.6 Å². The van der Waals surface area contributed by atoms with Gasteiger partial charge in [-0.15, -0.1) is 0 Å². The third kappa shape index (κ3) is 5.90. The van der Waals surface area contributed by atoms with E-state index in [-0.39, 0.29) is 16.4 Å². The summed E-state index contributed by atoms with van der Waals surface area (Å²) in [6.07, 6.45) is 1.33. The number of rotatable bonds is 7. The van der Waals surface area contributed by atoms with E-state index in [1.54, 1.807) is 24.3 Å². The van der Waals surface area contributed by atoms with Crippen LogP contribution >= 0.6 is 11.6 Å². The number of carbonyl (C=O) groups excluding carboxylic acids is 1. The number of hydrazone groups is 1. The first-order chi connectivity index (χ1) is 14.8. The van der Waals surface area contributed by atoms with Crippen LogP contribution in [0.4, 0.5) is 10.1 Å². The van der Waals surface area contributed by atoms with E-state index in [1.165, 1.54) is 54.7 Å². The molecule has 3 aromatic carbocycles. The third-order valence-corrected chi connectivity index (χ3v) is 6.32. The van der Waals surface area contributed by atoms with Crippen LogP contribution in [-0.2, 0) is 14.8 Å². The van der Waals surface area contributed by atoms with Crippen molar-refractivity contribution in [2.24, 2.45) is 5.10 Å². The first-order valence-electron chi connectivity index (χ1n) is 9.18. The molecule has 0 unspecified atom stereocenters. The molecule has 0 saturated heterocycles. The molecule has 9 heteroatoms. The molecule has 0 heterocycles. The van der Waals surface area contributed by atoms with Gasteiger partial charge in [0.05, 0.1) is 16.8 Å². The molecule has 1 amide bonds. The minimum Gasteiger partial charge on any atom is -0.271 e. The number of sulfonamides is 1. The Morgan fingerprint density at radius 3 is 2.26 bits per heavy atom. The number of benzene rings is 3. The summed E-state index contributed by atoms with van der Waals surface area (Å²) >= 11 is 5.92. The van der Waals surface area contributed by atoms with Crippen molar-refractivity contribution in [3.05, 3.63) is 94.8 Å². The number of nitrogens with zero attached hydrogens (tertiary/aromatic N) is 2. The third-order valence-electron chi connectivity index (χ3n) is 4.28. The van der Waals surface area contributed by atoms with Crippen LogP contribution in [0.5, 0.6) is 0 Å². The number of nitrogens with one attached hydrogen (secondary N) is 1. The fourth-order valence-corrected chi connectivity index (χ4v) is 4.20. The van der Waals surface area contributed by atoms with E-state index >= 15 is 0 Å². The zero-order chi connectivity index (χ0) is 22.4. The predicted molar refractivity (Wildman–Crippen MR) is 119 cm³/mol. The number of carbonyl (C=O) groups is 1. The molecule has 0 aliphatic rings. The quantitative estimate of drug-likeness (QED) is 0.426. The molecule has 160 valence electrons. The molecule has 0 aromatic heterocycles. The number of hydrogen-bond donors (Lipinski definition) is 1. The second-order valence-electron chi connectivity index (χ2n) is 6.65. The summed E-state index contributed by atoms with van der Waals surface area (Å²) in [6.45, 7) is 1.35. The molecular weight excluding hydrogens is 441 g/mol. The molecule has 0 fully saturated rings. The van der Waals surface area contributed by atoms with E-state index in [0.29, 0.717) is 10.6 Å². The first kappa shape index (κ1) is 22.5. The Labute approximate surface area is 185 Å². The van der Waals surface area contributed by atoms with Gasteiger partial charge in [0.15, 0.2) is 0 Å². The van der Waals surface area contributed by atoms with Gasteiger partial charge < -0.3 is 0 Å². The second-order valence-corrected chi connectivity index (χ2v) is 8.94. The highest BCUT2D eigenvalue weighted by molar-refractivity contribution is 7.92. The van der Waals surface area contributed by atoms with Gasteiger partial charge >= 0.3 is 0 Å². The molecular formula is C22H19ClFN3O3S. The average Bonchev–Trinajstić information content (AvgIpc) is 2.74. The van der Waals surface area contributed by atoms with Crippen molar-refractivity contribution >= 4 is 39.4 Å². The summed E-state index contributed by atoms with van der Waals surface area (Å²) in [5.74, 6) is -1.04. The lowest BCUT2D eigenvalue weighted by atomic mass is 10.2. The van der Waals surface area contributed by atoms with Crippen LogP contribution < -0.4 is 9.73 Å². The molecule has 0 spiro atoms. The molecule has 1 N–H and O–H groups in total. The van der Waals surface area contributed by atoms with Gasteiger partial charge in [0.25, 0.3) is 15.9 Å². The van der Waals surface area contributed by atoms with Gasteiger partial charge in [0.1, 0.15) is 12.4 Å². The maximum absolute atomic E-state index is 13.2. The van der Waals surface area contributed by atoms with Gasteiger partial charge in [-0.2, -0.15) is 5.10 Å². The number of anilines is 1. The smallest absolute Gasteiger partial charge is 0.264 e. The highest BCUT2D eigenvalue weighted by Gasteiger charge is 2.27. The first-order valence-corrected chi connectivity index (χ1v) is 11.0. The van der Waals surface area contributed by atoms with Crippen molar-refractivity contribution in [1.29, 1.82) is 0 Å². The summed E-state index contributed by atoms with van der Waals surface area (Å²) in [4.78, 5) is 12.5. The number of hydrogen-bond acceptors (Lipinski definition) is 4. The Morgan fingerprint density at radius 2 is 1.65 bits per heavy atom. The van der Waals surface area contributed by atoms with Gasteiger partial charge in [0.2, 0.25) is 0 Å². The van der Waals surface area contributed by atoms with Crippen LogP contribution in [0.15, 0.2) is 82.8 Å². The molecule has 3 aromatic rings. The largest absolute Gasteiger partial charge is 0.271 e. The molecule has 0 bridgehead atoms. The fraction of sp³-hybridized carbons (Fsp3) is 0.0909. The predicted octanol–water partition coefficient (Wildman–Crippen LogP) is 4.13. The van der Waals surface area contributed by atoms with E-state index in [4.69, 9.17) is 11.6 Å². The molecule has 0 aliphatic carbocycles. The van der Waals surface area contributed by atoms with Crippen LogP contribution in [-0.4, -0.2) is 27.1 Å². The van der Waals surface area contributed by atoms with Crippen molar-refractivity contribution in [1.82, 2.24) is 5.43 Å². The van der Waals surface area contributed by atoms with Crippen molar-refractivity contribution in [3.8, 4) is 0 Å². The topological polar surface area (TPSA) is 78.8 Å². The second kappa shape index (κ2) is 9.72. The van der Waals surface area contributed by atoms with Gasteiger partial charge in [-0.1, -0.05) is 41.4 Å². The van der Waals surface area contributed by atoms with E-state index in [9.17, 15) is 17.6 Å². The number of halogens is 2. The lowest BCUT2D eigenvalue weighted by Crippen LogP contribution is -2.39. The minimum absolute atomic E-state index is 0.0515. The van der Waals surface area contributed by atoms with Crippen LogP contribution in [0.25, 0.3) is 0 Å². The molecule has 3 rings (SSSR count). The zero-order valence-corrected chi connectivity index (χ0v) is 18.1. The Kier molecular flexibility index (Phi) is 7.04. The average molecular weight is 460 g/mol. The summed E-state index contributed by atoms with van der Waals surface area (Å²) in [5.41, 5.74) is 4.05. The highest BCUT2D eigenvalue weighted by atomic mass is 35.5. The van der Waals surface area contributed by atoms with E-state index in [0.717, 1.165) is 9.87 Å². The van der Waals surface area contributed by atoms with Crippen LogP contribution in [0.3, 0.4) is 0 Å². The normalized spacial score (nSPS) is 11.5. The molecule has 31 heavy (non-hydrogen) atoms. The van der Waals surface area contributed by atoms with Gasteiger partial charge in [0, 0.05) is 5.02 Å². The SMILES string of the molecule is Cc1ccc(S(=O)(=O)N(CC(=O)N/N=C\c2ccc(F)cc2)c2ccc(Cl)cc2)cc1. The Bertz CT molecular complexity index is 1180. The summed E-state index contributed by atoms with van der Waals surface area (Å²) < 4.78 is 40.4. The maximum atomic E-state index is 13.2. The van der Waals surface area contributed by atoms with Crippen LogP contribution in [0.2, 0.25) is 5.02 Å². The number of aryl methyl sites for hydroxylation is 1. The van der Waals surface area contributed by atoms with Crippen molar-refractivity contribution in [2.75, 3.05) is 10.8 Å². The minimum atomic E-state index is -4.02. The standard InChI is InChI=1S/C22H19ClFN3O3S/c1-16-2-12-21(13-3-16)31(29,30)27(20-10-6-18(23)7-11-20)15-22(28)26-25-14-17-4-8-19(24)9-5-17/h2-14H,15H2,1H3,(H,26,28)/b25-14-. The van der Waals surface area contributed by atoms with Crippen LogP contribution in [0.1, 0.15) is 11.1 Å². The molecule has 0 atom stereocenters. The molecule has 6 nitrogen and oxygen atoms in total. The Morgan fingerprint density at radius 1 is 1.03 bits per heavy atom. The van der Waals surface area contributed by atoms with Gasteiger partial charge in [-0.3, -0.25) is 9.10 Å². The van der Waals surface area contributed by atoms with Crippen molar-refractivity contribution in [2.45, 2.75) is 11.8 Å². The van der Waals surface area contributed by atoms with E-state index < -0.39 is 22.5 Å². The van der Waals surface area contributed by atoms with E-state index in [1.807, 2.05) is 6.92 Å². The summed E-state index contributed by atoms with van der Waals surface area (Å²) in [7, 11) is -4.02.